The predicted molar refractivity (Wildman–Crippen MR) is 432 cm³/mol. The Hall–Kier alpha value is -11.6. The molecule has 117 heavy (non-hydrogen) atoms. The number of carbonyl (C=O) groups excluding carboxylic acids is 15. The number of hydrogen-bond acceptors (Lipinski definition) is 24. The lowest BCUT2D eigenvalue weighted by molar-refractivity contribution is -0.142. The molecule has 0 aliphatic carbocycles. The highest BCUT2D eigenvalue weighted by Crippen LogP contribution is 2.25. The molecule has 3 rings (SSSR count). The predicted octanol–water partition coefficient (Wildman–Crippen LogP) is -9.54. The number of nitrogens with zero attached hydrogens (tertiary/aromatic N) is 3. The maximum absolute atomic E-state index is 15.2. The molecule has 2 aromatic carbocycles. The van der Waals surface area contributed by atoms with Crippen molar-refractivity contribution in [2.45, 2.75) is 184 Å². The van der Waals surface area contributed by atoms with E-state index in [1.54, 1.807) is 81.4 Å². The number of carboxylic acids is 1. The standard InChI is InChI=1S/C71H113N25O19S2/c1-6-36(3)54-66(112)91-47(29-51(73)99)62(108)87-43(22-15-25-81-70(76)77)60(106)96-55(37(4)7-2)67(113)94-50(65(111)90-46(28-40-19-12-9-13-20-40)61(107)88-44(68(114)115)23-16-26-82-71(78)79)35-117-116-34-49(93-63(109)48(33-98)92-57(103)41(72)32-97)64(110)85-38(5)56(102)89-45(27-39-17-10-8-11-18-39)58(104)84-30-52(100)83-31-53(101)86-42(59(105)95-54)21-14-24-80-69(74)75/h8-13,17-20,36-38,41-50,54-55,97-98H,6-7,14-16,21-35,72H2,1-5H3,(H2,73,99)(H,83,100)(H,84,104)(H,85,110)(H,86,101)(H,87,108)(H,88,107)(H,89,102)(H,90,111)(H,91,112)(H,92,103)(H,93,109)(H,94,113)(H,95,105)(H,96,106)(H,114,115)(H4,74,75,80)(H4,76,77,81)(H4,78,79,82)/t36-,37-,38+,41-,42+,43-,44+,45+,46+,47+,48-,49+,50+,54-,55+/m0/s1. The van der Waals surface area contributed by atoms with Gasteiger partial charge >= 0.3 is 5.97 Å². The minimum atomic E-state index is -1.90. The molecule has 0 spiro atoms. The van der Waals surface area contributed by atoms with Crippen LogP contribution in [0.15, 0.2) is 75.6 Å². The van der Waals surface area contributed by atoms with Crippen molar-refractivity contribution in [3.05, 3.63) is 71.8 Å². The Morgan fingerprint density at radius 1 is 0.504 bits per heavy atom. The molecule has 33 N–H and O–H groups in total. The fourth-order valence-electron chi connectivity index (χ4n) is 11.0. The van der Waals surface area contributed by atoms with E-state index in [4.69, 9.17) is 45.9 Å². The molecule has 0 radical (unpaired) electrons. The number of aliphatic imine (C=N–C) groups is 3. The fraction of sp³-hybridized carbons (Fsp3) is 0.563. The molecular formula is C71H113N25O19S2. The van der Waals surface area contributed by atoms with Crippen LogP contribution < -0.4 is 120 Å². The molecule has 1 heterocycles. The maximum atomic E-state index is 15.2. The first-order valence-electron chi connectivity index (χ1n) is 37.6. The number of primary amides is 1. The van der Waals surface area contributed by atoms with Gasteiger partial charge in [-0.3, -0.25) is 86.9 Å². The van der Waals surface area contributed by atoms with Crippen molar-refractivity contribution >= 4 is 134 Å². The molecule has 0 bridgehead atoms. The number of carbonyl (C=O) groups is 16. The van der Waals surface area contributed by atoms with E-state index in [-0.39, 0.29) is 102 Å². The van der Waals surface area contributed by atoms with Crippen LogP contribution in [0, 0.1) is 11.8 Å². The van der Waals surface area contributed by atoms with Crippen LogP contribution in [0.5, 0.6) is 0 Å². The molecule has 0 aromatic heterocycles. The Labute approximate surface area is 683 Å². The first-order valence-corrected chi connectivity index (χ1v) is 40.1. The molecule has 46 heteroatoms. The molecule has 1 fully saturated rings. The largest absolute Gasteiger partial charge is 0.480 e. The summed E-state index contributed by atoms with van der Waals surface area (Å²) in [6.07, 6.45) is -1.78. The fourth-order valence-corrected chi connectivity index (χ4v) is 13.3. The van der Waals surface area contributed by atoms with E-state index in [9.17, 15) is 82.4 Å². The van der Waals surface area contributed by atoms with E-state index < -0.39 is 229 Å². The van der Waals surface area contributed by atoms with Gasteiger partial charge in [0.15, 0.2) is 17.9 Å². The number of benzene rings is 2. The third kappa shape index (κ3) is 37.7. The Kier molecular flexibility index (Phi) is 44.9. The van der Waals surface area contributed by atoms with E-state index in [0.29, 0.717) is 11.1 Å². The molecule has 1 saturated heterocycles. The topological polar surface area (TPSA) is 747 Å². The van der Waals surface area contributed by atoms with Crippen LogP contribution in [0.1, 0.15) is 104 Å². The van der Waals surface area contributed by atoms with Crippen molar-refractivity contribution in [2.24, 2.45) is 72.7 Å². The SMILES string of the molecule is CC[C@H](C)[C@@H]1NC(=O)[C@@H](CCCN=C(N)N)NC(=O)CNC(=O)CNC(=O)[C@@H](Cc2ccccc2)NC(=O)[C@@H](C)NC(=O)[C@H](NC(=O)[C@H](CO)NC(=O)[C@@H](N)CO)CSSC[C@H](C(=O)N[C@H](Cc2ccccc2)C(=O)N[C@H](CCCN=C(N)N)C(=O)O)NC(=O)[C@@H]([C@@H](C)CC)NC(=O)[C@H](CCCN=C(N)N)NC(=O)[C@@H](CC(N)=O)NC1=O. The second kappa shape index (κ2) is 52.8. The van der Waals surface area contributed by atoms with E-state index in [0.717, 1.165) is 21.6 Å². The number of rotatable bonds is 33. The maximum Gasteiger partial charge on any atom is 0.326 e. The van der Waals surface area contributed by atoms with Crippen molar-refractivity contribution in [2.75, 3.05) is 57.4 Å². The van der Waals surface area contributed by atoms with E-state index in [1.165, 1.54) is 13.8 Å². The van der Waals surface area contributed by atoms with E-state index in [1.807, 2.05) is 0 Å². The number of aliphatic carboxylic acids is 1. The van der Waals surface area contributed by atoms with Gasteiger partial charge in [-0.2, -0.15) is 0 Å². The summed E-state index contributed by atoms with van der Waals surface area (Å²) in [5, 5.41) is 64.7. The number of amides is 15. The van der Waals surface area contributed by atoms with Crippen molar-refractivity contribution in [1.29, 1.82) is 0 Å². The number of nitrogens with one attached hydrogen (secondary N) is 14. The van der Waals surface area contributed by atoms with Crippen LogP contribution in [-0.2, 0) is 89.6 Å². The summed E-state index contributed by atoms with van der Waals surface area (Å²) >= 11 is 0. The minimum Gasteiger partial charge on any atom is -0.480 e. The minimum absolute atomic E-state index is 0.0232. The molecule has 15 atom stereocenters. The first kappa shape index (κ1) is 99.5. The molecule has 1 aliphatic rings. The van der Waals surface area contributed by atoms with Gasteiger partial charge in [0.05, 0.1) is 32.7 Å². The quantitative estimate of drug-likeness (QED) is 0.0137. The lowest BCUT2D eigenvalue weighted by atomic mass is 9.96. The Morgan fingerprint density at radius 2 is 0.991 bits per heavy atom. The number of hydrogen-bond donors (Lipinski definition) is 25. The van der Waals surface area contributed by atoms with Gasteiger partial charge in [-0.15, -0.1) is 0 Å². The van der Waals surface area contributed by atoms with Crippen molar-refractivity contribution in [1.82, 2.24) is 74.4 Å². The van der Waals surface area contributed by atoms with Crippen LogP contribution >= 0.6 is 21.6 Å². The average Bonchev–Trinajstić information content (AvgIpc) is 0.848. The van der Waals surface area contributed by atoms with Crippen LogP contribution in [0.4, 0.5) is 0 Å². The van der Waals surface area contributed by atoms with E-state index in [2.05, 4.69) is 89.4 Å². The van der Waals surface area contributed by atoms with Crippen molar-refractivity contribution < 1.29 is 92.0 Å². The summed E-state index contributed by atoms with van der Waals surface area (Å²) in [5.74, 6) is -21.1. The highest BCUT2D eigenvalue weighted by Gasteiger charge is 2.39. The van der Waals surface area contributed by atoms with Crippen molar-refractivity contribution in [3.8, 4) is 0 Å². The second-order valence-electron chi connectivity index (χ2n) is 27.4. The number of carboxylic acid groups (broad SMARTS) is 1. The summed E-state index contributed by atoms with van der Waals surface area (Å²) in [6, 6.07) is -5.23. The number of aliphatic hydroxyl groups is 2. The van der Waals surface area contributed by atoms with Crippen LogP contribution in [0.3, 0.4) is 0 Å². The van der Waals surface area contributed by atoms with Gasteiger partial charge in [-0.25, -0.2) is 4.79 Å². The zero-order valence-corrected chi connectivity index (χ0v) is 67.4. The molecule has 1 aliphatic heterocycles. The lowest BCUT2D eigenvalue weighted by Gasteiger charge is -2.30. The summed E-state index contributed by atoms with van der Waals surface area (Å²) in [5.41, 5.74) is 45.5. The molecule has 648 valence electrons. The molecular weight excluding hydrogens is 1570 g/mol. The third-order valence-electron chi connectivity index (χ3n) is 18.0. The second-order valence-corrected chi connectivity index (χ2v) is 29.9. The molecule has 0 saturated carbocycles. The van der Waals surface area contributed by atoms with Crippen LogP contribution in [0.2, 0.25) is 0 Å². The van der Waals surface area contributed by atoms with Gasteiger partial charge in [0.25, 0.3) is 0 Å². The monoisotopic (exact) mass is 1680 g/mol. The van der Waals surface area contributed by atoms with Crippen LogP contribution in [-0.4, -0.2) is 264 Å². The highest BCUT2D eigenvalue weighted by molar-refractivity contribution is 8.76. The van der Waals surface area contributed by atoms with Gasteiger partial charge in [0.1, 0.15) is 78.5 Å². The normalized spacial score (nSPS) is 21.9. The molecule has 15 amide bonds. The summed E-state index contributed by atoms with van der Waals surface area (Å²) in [4.78, 5) is 237. The van der Waals surface area contributed by atoms with Crippen molar-refractivity contribution in [3.63, 3.8) is 0 Å². The Balaban J connectivity index is 2.38. The number of guanidine groups is 3. The zero-order valence-electron chi connectivity index (χ0n) is 65.7. The van der Waals surface area contributed by atoms with Gasteiger partial charge in [0, 0.05) is 44.0 Å². The summed E-state index contributed by atoms with van der Waals surface area (Å²) < 4.78 is 0. The molecule has 2 aromatic rings. The molecule has 44 nitrogen and oxygen atoms in total. The third-order valence-corrected chi connectivity index (χ3v) is 20.4. The average molecular weight is 1680 g/mol. The molecule has 0 unspecified atom stereocenters. The summed E-state index contributed by atoms with van der Waals surface area (Å²) in [6.45, 7) is 3.76. The lowest BCUT2D eigenvalue weighted by Crippen LogP contribution is -2.62. The van der Waals surface area contributed by atoms with Gasteiger partial charge < -0.3 is 136 Å². The Bertz CT molecular complexity index is 3780. The van der Waals surface area contributed by atoms with E-state index >= 15 is 9.59 Å². The first-order chi connectivity index (χ1) is 55.4. The van der Waals surface area contributed by atoms with Gasteiger partial charge in [0.2, 0.25) is 88.6 Å². The van der Waals surface area contributed by atoms with Gasteiger partial charge in [-0.05, 0) is 68.4 Å². The van der Waals surface area contributed by atoms with Gasteiger partial charge in [-0.1, -0.05) is 123 Å². The van der Waals surface area contributed by atoms with Crippen LogP contribution in [0.25, 0.3) is 0 Å². The summed E-state index contributed by atoms with van der Waals surface area (Å²) in [7, 11) is 1.50. The zero-order chi connectivity index (χ0) is 87.4. The highest BCUT2D eigenvalue weighted by atomic mass is 33.1. The Morgan fingerprint density at radius 3 is 1.51 bits per heavy atom. The number of nitrogens with two attached hydrogens (primary N) is 8. The number of aliphatic hydroxyl groups excluding tert-OH is 2. The smallest absolute Gasteiger partial charge is 0.326 e.